The van der Waals surface area contributed by atoms with Crippen LogP contribution in [0.4, 0.5) is 0 Å². The number of amides is 1. The summed E-state index contributed by atoms with van der Waals surface area (Å²) < 4.78 is 0. The number of aliphatic hydroxyl groups is 1. The van der Waals surface area contributed by atoms with Crippen LogP contribution in [0.2, 0.25) is 0 Å². The lowest BCUT2D eigenvalue weighted by Crippen LogP contribution is -2.54. The van der Waals surface area contributed by atoms with Gasteiger partial charge in [-0.15, -0.1) is 0 Å². The number of rotatable bonds is 3. The van der Waals surface area contributed by atoms with E-state index in [4.69, 9.17) is 0 Å². The number of hydrazone groups is 1. The molecule has 0 unspecified atom stereocenters. The number of pyridine rings is 1. The summed E-state index contributed by atoms with van der Waals surface area (Å²) in [5, 5.41) is 14.8. The van der Waals surface area contributed by atoms with Crippen molar-refractivity contribution < 1.29 is 9.90 Å². The van der Waals surface area contributed by atoms with Gasteiger partial charge in [-0.1, -0.05) is 13.8 Å². The maximum absolute atomic E-state index is 12.4. The van der Waals surface area contributed by atoms with Gasteiger partial charge in [0.25, 0.3) is 5.91 Å². The SMILES string of the molecule is C/C(=N\NC(=O)c1ccncc1)[C@@H]1CC[C@@H]2[C@@H]3CC[C@H]4C[C@H](O)CC[C@]4(C)[C@@H]3CC[C@@]21C. The maximum atomic E-state index is 12.4. The van der Waals surface area contributed by atoms with Crippen molar-refractivity contribution in [1.29, 1.82) is 0 Å². The van der Waals surface area contributed by atoms with E-state index < -0.39 is 0 Å². The van der Waals surface area contributed by atoms with Gasteiger partial charge in [-0.05, 0) is 111 Å². The highest BCUT2D eigenvalue weighted by Crippen LogP contribution is 2.67. The summed E-state index contributed by atoms with van der Waals surface area (Å²) in [6.07, 6.45) is 14.1. The summed E-state index contributed by atoms with van der Waals surface area (Å²) in [7, 11) is 0. The fourth-order valence-electron chi connectivity index (χ4n) is 8.71. The van der Waals surface area contributed by atoms with Crippen LogP contribution in [0.5, 0.6) is 0 Å². The Kier molecular flexibility index (Phi) is 5.68. The van der Waals surface area contributed by atoms with Gasteiger partial charge in [0.15, 0.2) is 0 Å². The van der Waals surface area contributed by atoms with Crippen LogP contribution >= 0.6 is 0 Å². The third kappa shape index (κ3) is 3.52. The first kappa shape index (κ1) is 22.1. The van der Waals surface area contributed by atoms with Crippen LogP contribution < -0.4 is 5.43 Å². The lowest BCUT2D eigenvalue weighted by Gasteiger charge is -2.61. The lowest BCUT2D eigenvalue weighted by atomic mass is 9.44. The molecule has 174 valence electrons. The number of fused-ring (bicyclic) bond motifs is 5. The first-order valence-corrected chi connectivity index (χ1v) is 12.8. The van der Waals surface area contributed by atoms with E-state index in [2.05, 4.69) is 36.3 Å². The molecular formula is C27H39N3O2. The molecule has 0 aliphatic heterocycles. The second-order valence-electron chi connectivity index (χ2n) is 11.7. The summed E-state index contributed by atoms with van der Waals surface area (Å²) in [6, 6.07) is 3.44. The predicted octanol–water partition coefficient (Wildman–Crippen LogP) is 5.21. The van der Waals surface area contributed by atoms with Crippen LogP contribution in [0.25, 0.3) is 0 Å². The van der Waals surface area contributed by atoms with Gasteiger partial charge in [0.05, 0.1) is 6.10 Å². The fraction of sp³-hybridized carbons (Fsp3) is 0.741. The first-order valence-electron chi connectivity index (χ1n) is 12.8. The van der Waals surface area contributed by atoms with Crippen LogP contribution in [-0.4, -0.2) is 27.8 Å². The van der Waals surface area contributed by atoms with Gasteiger partial charge in [-0.3, -0.25) is 9.78 Å². The second-order valence-corrected chi connectivity index (χ2v) is 11.7. The number of aromatic nitrogens is 1. The second kappa shape index (κ2) is 8.23. The molecule has 1 aromatic rings. The Hall–Kier alpha value is -1.75. The van der Waals surface area contributed by atoms with Crippen molar-refractivity contribution >= 4 is 11.6 Å². The fourth-order valence-corrected chi connectivity index (χ4v) is 8.71. The molecule has 32 heavy (non-hydrogen) atoms. The third-order valence-corrected chi connectivity index (χ3v) is 10.4. The zero-order chi connectivity index (χ0) is 22.5. The summed E-state index contributed by atoms with van der Waals surface area (Å²) in [6.45, 7) is 7.17. The maximum Gasteiger partial charge on any atom is 0.271 e. The standard InChI is InChI=1S/C27H39N3O2/c1-17(29-30-25(32)18-10-14-28-15-11-18)22-6-7-23-21-5-4-19-16-20(31)8-12-26(19,2)24(21)9-13-27(22,23)3/h10-11,14-15,19-24,31H,4-9,12-13,16H2,1-3H3,(H,30,32)/b29-17+/t19-,20+,21-,22-,23+,24+,26-,27+/m0/s1. The highest BCUT2D eigenvalue weighted by atomic mass is 16.3. The number of nitrogens with zero attached hydrogens (tertiary/aromatic N) is 2. The molecule has 4 aliphatic carbocycles. The van der Waals surface area contributed by atoms with Gasteiger partial charge in [-0.25, -0.2) is 5.43 Å². The third-order valence-electron chi connectivity index (χ3n) is 10.4. The number of hydrogen-bond acceptors (Lipinski definition) is 4. The average Bonchev–Trinajstić information content (AvgIpc) is 3.15. The van der Waals surface area contributed by atoms with Crippen LogP contribution in [-0.2, 0) is 0 Å². The quantitative estimate of drug-likeness (QED) is 0.504. The molecule has 2 N–H and O–H groups in total. The Bertz CT molecular complexity index is 886. The van der Waals surface area contributed by atoms with Gasteiger partial charge in [-0.2, -0.15) is 5.10 Å². The monoisotopic (exact) mass is 437 g/mol. The van der Waals surface area contributed by atoms with Gasteiger partial charge in [0.1, 0.15) is 0 Å². The van der Waals surface area contributed by atoms with E-state index >= 15 is 0 Å². The Morgan fingerprint density at radius 1 is 1.03 bits per heavy atom. The van der Waals surface area contributed by atoms with E-state index in [1.54, 1.807) is 24.5 Å². The molecule has 0 aromatic carbocycles. The van der Waals surface area contributed by atoms with Crippen molar-refractivity contribution in [2.75, 3.05) is 0 Å². The van der Waals surface area contributed by atoms with Crippen molar-refractivity contribution in [2.45, 2.75) is 84.7 Å². The van der Waals surface area contributed by atoms with E-state index in [1.165, 1.54) is 44.9 Å². The minimum absolute atomic E-state index is 0.0736. The smallest absolute Gasteiger partial charge is 0.271 e. The average molecular weight is 438 g/mol. The van der Waals surface area contributed by atoms with Gasteiger partial charge < -0.3 is 5.11 Å². The Labute approximate surface area is 192 Å². The summed E-state index contributed by atoms with van der Waals surface area (Å²) >= 11 is 0. The van der Waals surface area contributed by atoms with Crippen LogP contribution in [0.1, 0.15) is 88.9 Å². The topological polar surface area (TPSA) is 74.6 Å². The normalized spacial score (nSPS) is 43.7. The number of aliphatic hydroxyl groups excluding tert-OH is 1. The van der Waals surface area contributed by atoms with Crippen molar-refractivity contribution in [3.63, 3.8) is 0 Å². The minimum atomic E-state index is -0.166. The van der Waals surface area contributed by atoms with Gasteiger partial charge in [0.2, 0.25) is 0 Å². The minimum Gasteiger partial charge on any atom is -0.393 e. The summed E-state index contributed by atoms with van der Waals surface area (Å²) in [4.78, 5) is 16.4. The molecule has 5 rings (SSSR count). The molecular weight excluding hydrogens is 398 g/mol. The molecule has 4 aliphatic rings. The molecule has 1 amide bonds. The Morgan fingerprint density at radius 3 is 2.53 bits per heavy atom. The molecule has 1 aromatic heterocycles. The van der Waals surface area contributed by atoms with E-state index in [1.807, 2.05) is 0 Å². The molecule has 4 saturated carbocycles. The number of carbonyl (C=O) groups is 1. The van der Waals surface area contributed by atoms with E-state index in [-0.39, 0.29) is 17.4 Å². The van der Waals surface area contributed by atoms with Crippen molar-refractivity contribution in [1.82, 2.24) is 10.4 Å². The molecule has 0 saturated heterocycles. The zero-order valence-corrected chi connectivity index (χ0v) is 19.9. The zero-order valence-electron chi connectivity index (χ0n) is 19.9. The number of nitrogens with one attached hydrogen (secondary N) is 1. The molecule has 4 fully saturated rings. The van der Waals surface area contributed by atoms with E-state index in [0.717, 1.165) is 36.3 Å². The number of carbonyl (C=O) groups excluding carboxylic acids is 1. The van der Waals surface area contributed by atoms with Crippen LogP contribution in [0.15, 0.2) is 29.6 Å². The summed E-state index contributed by atoms with van der Waals surface area (Å²) in [5.74, 6) is 3.38. The largest absolute Gasteiger partial charge is 0.393 e. The van der Waals surface area contributed by atoms with Gasteiger partial charge >= 0.3 is 0 Å². The molecule has 5 nitrogen and oxygen atoms in total. The molecule has 5 heteroatoms. The van der Waals surface area contributed by atoms with Crippen LogP contribution in [0.3, 0.4) is 0 Å². The lowest BCUT2D eigenvalue weighted by molar-refractivity contribution is -0.123. The molecule has 8 atom stereocenters. The van der Waals surface area contributed by atoms with Gasteiger partial charge in [0, 0.05) is 29.6 Å². The van der Waals surface area contributed by atoms with Crippen LogP contribution in [0, 0.1) is 40.4 Å². The molecule has 1 heterocycles. The van der Waals surface area contributed by atoms with Crippen molar-refractivity contribution in [2.24, 2.45) is 45.5 Å². The first-order chi connectivity index (χ1) is 15.3. The van der Waals surface area contributed by atoms with E-state index in [9.17, 15) is 9.90 Å². The Balaban J connectivity index is 1.31. The Morgan fingerprint density at radius 2 is 1.75 bits per heavy atom. The molecule has 0 spiro atoms. The number of hydrogen-bond donors (Lipinski definition) is 2. The van der Waals surface area contributed by atoms with Crippen molar-refractivity contribution in [3.8, 4) is 0 Å². The predicted molar refractivity (Wildman–Crippen MR) is 126 cm³/mol. The molecule has 0 radical (unpaired) electrons. The van der Waals surface area contributed by atoms with E-state index in [0.29, 0.717) is 22.8 Å². The summed E-state index contributed by atoms with van der Waals surface area (Å²) in [5.41, 5.74) is 5.17. The highest BCUT2D eigenvalue weighted by molar-refractivity contribution is 5.95. The van der Waals surface area contributed by atoms with Crippen molar-refractivity contribution in [3.05, 3.63) is 30.1 Å². The highest BCUT2D eigenvalue weighted by Gasteiger charge is 2.60. The molecule has 0 bridgehead atoms.